The summed E-state index contributed by atoms with van der Waals surface area (Å²) in [5, 5.41) is 3.30. The Kier molecular flexibility index (Phi) is 3.60. The van der Waals surface area contributed by atoms with Gasteiger partial charge in [0, 0.05) is 23.9 Å². The molecule has 0 radical (unpaired) electrons. The molecule has 0 unspecified atom stereocenters. The van der Waals surface area contributed by atoms with E-state index in [1.165, 1.54) is 5.56 Å². The Morgan fingerprint density at radius 1 is 1.11 bits per heavy atom. The summed E-state index contributed by atoms with van der Waals surface area (Å²) in [6.45, 7) is 7.20. The number of benzene rings is 1. The van der Waals surface area contributed by atoms with E-state index in [9.17, 15) is 0 Å². The first-order valence-electron chi connectivity index (χ1n) is 6.17. The van der Waals surface area contributed by atoms with Crippen LogP contribution in [0.5, 0.6) is 0 Å². The minimum absolute atomic E-state index is 0.0500. The van der Waals surface area contributed by atoms with E-state index in [-0.39, 0.29) is 5.41 Å². The van der Waals surface area contributed by atoms with Gasteiger partial charge in [-0.25, -0.2) is 9.97 Å². The summed E-state index contributed by atoms with van der Waals surface area (Å²) in [7, 11) is 0. The average molecular weight is 241 g/mol. The fourth-order valence-electron chi connectivity index (χ4n) is 1.83. The number of hydrogen-bond acceptors (Lipinski definition) is 3. The Labute approximate surface area is 108 Å². The number of anilines is 1. The van der Waals surface area contributed by atoms with E-state index < -0.39 is 0 Å². The van der Waals surface area contributed by atoms with E-state index in [1.54, 1.807) is 6.20 Å². The SMILES string of the molecule is Cc1ccnc(NCC(C)(C)c2ccccc2)n1. The van der Waals surface area contributed by atoms with Gasteiger partial charge >= 0.3 is 0 Å². The van der Waals surface area contributed by atoms with E-state index >= 15 is 0 Å². The Morgan fingerprint density at radius 2 is 1.83 bits per heavy atom. The second-order valence-corrected chi connectivity index (χ2v) is 5.13. The second kappa shape index (κ2) is 5.17. The number of aryl methyl sites for hydroxylation is 1. The predicted molar refractivity (Wildman–Crippen MR) is 74.7 cm³/mol. The van der Waals surface area contributed by atoms with Gasteiger partial charge in [-0.2, -0.15) is 0 Å². The molecule has 0 spiro atoms. The molecular weight excluding hydrogens is 222 g/mol. The largest absolute Gasteiger partial charge is 0.353 e. The lowest BCUT2D eigenvalue weighted by atomic mass is 9.85. The minimum atomic E-state index is 0.0500. The fourth-order valence-corrected chi connectivity index (χ4v) is 1.83. The van der Waals surface area contributed by atoms with Crippen LogP contribution in [0, 0.1) is 6.92 Å². The zero-order valence-electron chi connectivity index (χ0n) is 11.1. The van der Waals surface area contributed by atoms with Crippen molar-refractivity contribution >= 4 is 5.95 Å². The van der Waals surface area contributed by atoms with Crippen molar-refractivity contribution in [3.63, 3.8) is 0 Å². The lowest BCUT2D eigenvalue weighted by Gasteiger charge is -2.25. The van der Waals surface area contributed by atoms with Gasteiger partial charge in [0.25, 0.3) is 0 Å². The maximum Gasteiger partial charge on any atom is 0.222 e. The second-order valence-electron chi connectivity index (χ2n) is 5.13. The van der Waals surface area contributed by atoms with Crippen LogP contribution in [0.1, 0.15) is 25.1 Å². The summed E-state index contributed by atoms with van der Waals surface area (Å²) >= 11 is 0. The molecule has 1 N–H and O–H groups in total. The molecular formula is C15H19N3. The van der Waals surface area contributed by atoms with E-state index in [0.29, 0.717) is 5.95 Å². The summed E-state index contributed by atoms with van der Waals surface area (Å²) in [5.41, 5.74) is 2.34. The fraction of sp³-hybridized carbons (Fsp3) is 0.333. The van der Waals surface area contributed by atoms with Crippen molar-refractivity contribution in [3.8, 4) is 0 Å². The van der Waals surface area contributed by atoms with Gasteiger partial charge in [-0.15, -0.1) is 0 Å². The smallest absolute Gasteiger partial charge is 0.222 e. The van der Waals surface area contributed by atoms with Crippen molar-refractivity contribution in [2.24, 2.45) is 0 Å². The number of aromatic nitrogens is 2. The Bertz CT molecular complexity index is 506. The molecule has 0 aliphatic heterocycles. The average Bonchev–Trinajstić information content (AvgIpc) is 2.38. The third-order valence-corrected chi connectivity index (χ3v) is 3.04. The van der Waals surface area contributed by atoms with Gasteiger partial charge < -0.3 is 5.32 Å². The first kappa shape index (κ1) is 12.6. The zero-order valence-corrected chi connectivity index (χ0v) is 11.1. The van der Waals surface area contributed by atoms with Crippen molar-refractivity contribution < 1.29 is 0 Å². The standard InChI is InChI=1S/C15H19N3/c1-12-9-10-16-14(18-12)17-11-15(2,3)13-7-5-4-6-8-13/h4-10H,11H2,1-3H3,(H,16,17,18). The number of nitrogens with zero attached hydrogens (tertiary/aromatic N) is 2. The molecule has 0 saturated heterocycles. The molecule has 1 heterocycles. The van der Waals surface area contributed by atoms with Crippen LogP contribution in [-0.4, -0.2) is 16.5 Å². The van der Waals surface area contributed by atoms with Gasteiger partial charge in [-0.1, -0.05) is 44.2 Å². The summed E-state index contributed by atoms with van der Waals surface area (Å²) in [5.74, 6) is 0.694. The predicted octanol–water partition coefficient (Wildman–Crippen LogP) is 3.17. The van der Waals surface area contributed by atoms with Crippen LogP contribution in [0.2, 0.25) is 0 Å². The van der Waals surface area contributed by atoms with E-state index in [2.05, 4.69) is 53.4 Å². The van der Waals surface area contributed by atoms with Crippen molar-refractivity contribution in [1.82, 2.24) is 9.97 Å². The van der Waals surface area contributed by atoms with Crippen LogP contribution < -0.4 is 5.32 Å². The first-order valence-corrected chi connectivity index (χ1v) is 6.17. The van der Waals surface area contributed by atoms with Gasteiger partial charge in [0.15, 0.2) is 0 Å². The molecule has 0 aliphatic carbocycles. The summed E-state index contributed by atoms with van der Waals surface area (Å²) in [4.78, 5) is 8.56. The molecule has 0 saturated carbocycles. The molecule has 2 rings (SSSR count). The van der Waals surface area contributed by atoms with Crippen LogP contribution in [0.3, 0.4) is 0 Å². The minimum Gasteiger partial charge on any atom is -0.353 e. The molecule has 0 amide bonds. The quantitative estimate of drug-likeness (QED) is 0.893. The summed E-state index contributed by atoms with van der Waals surface area (Å²) in [6.07, 6.45) is 1.78. The first-order chi connectivity index (χ1) is 8.58. The summed E-state index contributed by atoms with van der Waals surface area (Å²) < 4.78 is 0. The van der Waals surface area contributed by atoms with Crippen molar-refractivity contribution in [2.45, 2.75) is 26.2 Å². The van der Waals surface area contributed by atoms with Crippen molar-refractivity contribution in [1.29, 1.82) is 0 Å². The molecule has 0 bridgehead atoms. The van der Waals surface area contributed by atoms with Gasteiger partial charge in [-0.3, -0.25) is 0 Å². The van der Waals surface area contributed by atoms with Crippen molar-refractivity contribution in [3.05, 3.63) is 53.9 Å². The summed E-state index contributed by atoms with van der Waals surface area (Å²) in [6, 6.07) is 12.4. The number of hydrogen-bond donors (Lipinski definition) is 1. The zero-order chi connectivity index (χ0) is 13.0. The van der Waals surface area contributed by atoms with Crippen LogP contribution in [-0.2, 0) is 5.41 Å². The molecule has 0 fully saturated rings. The third-order valence-electron chi connectivity index (χ3n) is 3.04. The molecule has 1 aromatic carbocycles. The highest BCUT2D eigenvalue weighted by atomic mass is 15.1. The van der Waals surface area contributed by atoms with E-state index in [4.69, 9.17) is 0 Å². The Balaban J connectivity index is 2.05. The molecule has 18 heavy (non-hydrogen) atoms. The molecule has 3 nitrogen and oxygen atoms in total. The molecule has 0 atom stereocenters. The lowest BCUT2D eigenvalue weighted by molar-refractivity contribution is 0.555. The third kappa shape index (κ3) is 3.06. The van der Waals surface area contributed by atoms with Crippen molar-refractivity contribution in [2.75, 3.05) is 11.9 Å². The topological polar surface area (TPSA) is 37.8 Å². The molecule has 0 aliphatic rings. The maximum atomic E-state index is 4.35. The highest BCUT2D eigenvalue weighted by Gasteiger charge is 2.20. The molecule has 3 heteroatoms. The molecule has 1 aromatic heterocycles. The molecule has 94 valence electrons. The van der Waals surface area contributed by atoms with E-state index in [1.807, 2.05) is 19.1 Å². The van der Waals surface area contributed by atoms with Crippen LogP contribution in [0.4, 0.5) is 5.95 Å². The van der Waals surface area contributed by atoms with E-state index in [0.717, 1.165) is 12.2 Å². The van der Waals surface area contributed by atoms with Gasteiger partial charge in [0.05, 0.1) is 0 Å². The van der Waals surface area contributed by atoms with Crippen LogP contribution >= 0.6 is 0 Å². The Morgan fingerprint density at radius 3 is 2.50 bits per heavy atom. The highest BCUT2D eigenvalue weighted by Crippen LogP contribution is 2.22. The maximum absolute atomic E-state index is 4.35. The lowest BCUT2D eigenvalue weighted by Crippen LogP contribution is -2.28. The van der Waals surface area contributed by atoms with Crippen LogP contribution in [0.15, 0.2) is 42.6 Å². The van der Waals surface area contributed by atoms with Gasteiger partial charge in [-0.05, 0) is 18.6 Å². The Hall–Kier alpha value is -1.90. The number of rotatable bonds is 4. The molecule has 2 aromatic rings. The van der Waals surface area contributed by atoms with Crippen LogP contribution in [0.25, 0.3) is 0 Å². The monoisotopic (exact) mass is 241 g/mol. The van der Waals surface area contributed by atoms with Gasteiger partial charge in [0.2, 0.25) is 5.95 Å². The normalized spacial score (nSPS) is 11.3. The number of nitrogens with one attached hydrogen (secondary N) is 1. The van der Waals surface area contributed by atoms with Gasteiger partial charge in [0.1, 0.15) is 0 Å². The highest BCUT2D eigenvalue weighted by molar-refractivity contribution is 5.30.